The summed E-state index contributed by atoms with van der Waals surface area (Å²) in [5.41, 5.74) is 8.52. The van der Waals surface area contributed by atoms with Crippen LogP contribution in [0.5, 0.6) is 0 Å². The average molecular weight is 493 g/mol. The quantitative estimate of drug-likeness (QED) is 0.258. The lowest BCUT2D eigenvalue weighted by Crippen LogP contribution is -2.22. The molecule has 0 saturated heterocycles. The SMILES string of the molecule is Cc1ccc(CNC(=O)c2ccc(Cn3c(SCc4cccc(C)c4)nc4ccncc43)cc2)cc1. The van der Waals surface area contributed by atoms with Gasteiger partial charge in [-0.2, -0.15) is 0 Å². The van der Waals surface area contributed by atoms with E-state index in [4.69, 9.17) is 4.98 Å². The second kappa shape index (κ2) is 10.8. The smallest absolute Gasteiger partial charge is 0.251 e. The fraction of sp³-hybridized carbons (Fsp3) is 0.167. The van der Waals surface area contributed by atoms with Crippen LogP contribution in [0.2, 0.25) is 0 Å². The highest BCUT2D eigenvalue weighted by molar-refractivity contribution is 7.98. The zero-order valence-electron chi connectivity index (χ0n) is 20.4. The van der Waals surface area contributed by atoms with Gasteiger partial charge in [-0.15, -0.1) is 0 Å². The van der Waals surface area contributed by atoms with Crippen LogP contribution in [-0.2, 0) is 18.8 Å². The molecular formula is C30H28N4OS. The van der Waals surface area contributed by atoms with Crippen molar-refractivity contribution in [1.29, 1.82) is 0 Å². The van der Waals surface area contributed by atoms with E-state index in [-0.39, 0.29) is 5.91 Å². The fourth-order valence-electron chi connectivity index (χ4n) is 4.09. The minimum absolute atomic E-state index is 0.0752. The number of pyridine rings is 1. The molecule has 0 aliphatic rings. The Morgan fingerprint density at radius 3 is 2.44 bits per heavy atom. The van der Waals surface area contributed by atoms with Crippen LogP contribution in [0.1, 0.15) is 38.2 Å². The monoisotopic (exact) mass is 492 g/mol. The molecule has 36 heavy (non-hydrogen) atoms. The molecule has 6 heteroatoms. The van der Waals surface area contributed by atoms with E-state index in [0.29, 0.717) is 18.7 Å². The van der Waals surface area contributed by atoms with Crippen molar-refractivity contribution in [3.8, 4) is 0 Å². The number of carbonyl (C=O) groups excluding carboxylic acids is 1. The maximum atomic E-state index is 12.6. The van der Waals surface area contributed by atoms with E-state index in [9.17, 15) is 4.79 Å². The summed E-state index contributed by atoms with van der Waals surface area (Å²) >= 11 is 1.73. The van der Waals surface area contributed by atoms with Crippen molar-refractivity contribution in [2.45, 2.75) is 37.8 Å². The highest BCUT2D eigenvalue weighted by atomic mass is 32.2. The van der Waals surface area contributed by atoms with Crippen LogP contribution >= 0.6 is 11.8 Å². The molecule has 0 fully saturated rings. The lowest BCUT2D eigenvalue weighted by atomic mass is 10.1. The lowest BCUT2D eigenvalue weighted by Gasteiger charge is -2.10. The number of nitrogens with zero attached hydrogens (tertiary/aromatic N) is 3. The van der Waals surface area contributed by atoms with Crippen molar-refractivity contribution in [3.63, 3.8) is 0 Å². The van der Waals surface area contributed by atoms with E-state index in [2.05, 4.69) is 65.1 Å². The van der Waals surface area contributed by atoms with Gasteiger partial charge >= 0.3 is 0 Å². The predicted octanol–water partition coefficient (Wildman–Crippen LogP) is 6.32. The Kier molecular flexibility index (Phi) is 7.14. The molecule has 0 radical (unpaired) electrons. The van der Waals surface area contributed by atoms with Gasteiger partial charge in [-0.05, 0) is 48.7 Å². The molecule has 0 bridgehead atoms. The van der Waals surface area contributed by atoms with E-state index in [1.807, 2.05) is 48.7 Å². The van der Waals surface area contributed by atoms with Gasteiger partial charge in [0.15, 0.2) is 5.16 Å². The minimum atomic E-state index is -0.0752. The van der Waals surface area contributed by atoms with E-state index < -0.39 is 0 Å². The molecular weight excluding hydrogens is 464 g/mol. The summed E-state index contributed by atoms with van der Waals surface area (Å²) in [5, 5.41) is 3.96. The number of aryl methyl sites for hydroxylation is 2. The van der Waals surface area contributed by atoms with Gasteiger partial charge in [-0.3, -0.25) is 9.78 Å². The number of thioether (sulfide) groups is 1. The number of fused-ring (bicyclic) bond motifs is 1. The van der Waals surface area contributed by atoms with Crippen LogP contribution in [0.4, 0.5) is 0 Å². The van der Waals surface area contributed by atoms with Gasteiger partial charge in [0.1, 0.15) is 0 Å². The summed E-state index contributed by atoms with van der Waals surface area (Å²) in [4.78, 5) is 21.8. The summed E-state index contributed by atoms with van der Waals surface area (Å²) in [6, 6.07) is 26.5. The highest BCUT2D eigenvalue weighted by Crippen LogP contribution is 2.27. The highest BCUT2D eigenvalue weighted by Gasteiger charge is 2.13. The van der Waals surface area contributed by atoms with Crippen molar-refractivity contribution in [1.82, 2.24) is 19.9 Å². The Hall–Kier alpha value is -3.90. The third-order valence-corrected chi connectivity index (χ3v) is 7.14. The predicted molar refractivity (Wildman–Crippen MR) is 146 cm³/mol. The first-order valence-corrected chi connectivity index (χ1v) is 12.9. The first kappa shape index (κ1) is 23.8. The number of imidazole rings is 1. The molecule has 5 nitrogen and oxygen atoms in total. The standard InChI is InChI=1S/C30H28N4OS/c1-21-6-8-23(9-7-21)17-32-29(35)26-12-10-24(11-13-26)19-34-28-18-31-15-14-27(28)33-30(34)36-20-25-5-3-4-22(2)16-25/h3-16,18H,17,19-20H2,1-2H3,(H,32,35). The van der Waals surface area contributed by atoms with E-state index in [1.165, 1.54) is 16.7 Å². The number of hydrogen-bond acceptors (Lipinski definition) is 4. The third-order valence-electron chi connectivity index (χ3n) is 6.10. The molecule has 5 rings (SSSR count). The molecule has 3 aromatic carbocycles. The van der Waals surface area contributed by atoms with Gasteiger partial charge in [0.05, 0.1) is 23.8 Å². The zero-order chi connectivity index (χ0) is 24.9. The third kappa shape index (κ3) is 5.66. The summed E-state index contributed by atoms with van der Waals surface area (Å²) in [7, 11) is 0. The molecule has 0 unspecified atom stereocenters. The molecule has 5 aromatic rings. The molecule has 180 valence electrons. The molecule has 0 atom stereocenters. The molecule has 1 N–H and O–H groups in total. The maximum Gasteiger partial charge on any atom is 0.251 e. The van der Waals surface area contributed by atoms with Crippen LogP contribution < -0.4 is 5.32 Å². The van der Waals surface area contributed by atoms with Crippen LogP contribution in [0, 0.1) is 13.8 Å². The Labute approximate surface area is 215 Å². The first-order chi connectivity index (χ1) is 17.5. The van der Waals surface area contributed by atoms with E-state index in [0.717, 1.165) is 33.1 Å². The normalized spacial score (nSPS) is 11.1. The molecule has 0 spiro atoms. The summed E-state index contributed by atoms with van der Waals surface area (Å²) in [6.45, 7) is 5.33. The lowest BCUT2D eigenvalue weighted by molar-refractivity contribution is 0.0951. The molecule has 2 heterocycles. The Balaban J connectivity index is 1.30. The molecule has 0 aliphatic carbocycles. The second-order valence-electron chi connectivity index (χ2n) is 8.99. The summed E-state index contributed by atoms with van der Waals surface area (Å²) < 4.78 is 2.20. The fourth-order valence-corrected chi connectivity index (χ4v) is 5.05. The number of rotatable bonds is 8. The molecule has 0 aliphatic heterocycles. The van der Waals surface area contributed by atoms with Gasteiger partial charge in [0.25, 0.3) is 5.91 Å². The number of benzene rings is 3. The van der Waals surface area contributed by atoms with Crippen LogP contribution in [0.15, 0.2) is 96.4 Å². The molecule has 1 amide bonds. The Morgan fingerprint density at radius 1 is 0.889 bits per heavy atom. The largest absolute Gasteiger partial charge is 0.348 e. The van der Waals surface area contributed by atoms with E-state index >= 15 is 0 Å². The van der Waals surface area contributed by atoms with Gasteiger partial charge in [-0.25, -0.2) is 4.98 Å². The van der Waals surface area contributed by atoms with Crippen LogP contribution in [-0.4, -0.2) is 20.4 Å². The number of nitrogens with one attached hydrogen (secondary N) is 1. The topological polar surface area (TPSA) is 59.8 Å². The van der Waals surface area contributed by atoms with Gasteiger partial charge in [-0.1, -0.05) is 83.6 Å². The van der Waals surface area contributed by atoms with Crippen molar-refractivity contribution >= 4 is 28.7 Å². The van der Waals surface area contributed by atoms with Crippen molar-refractivity contribution in [2.24, 2.45) is 0 Å². The van der Waals surface area contributed by atoms with Crippen LogP contribution in [0.3, 0.4) is 0 Å². The maximum absolute atomic E-state index is 12.6. The van der Waals surface area contributed by atoms with Crippen molar-refractivity contribution in [3.05, 3.63) is 125 Å². The van der Waals surface area contributed by atoms with Crippen molar-refractivity contribution in [2.75, 3.05) is 0 Å². The first-order valence-electron chi connectivity index (χ1n) is 12.0. The van der Waals surface area contributed by atoms with E-state index in [1.54, 1.807) is 18.0 Å². The summed E-state index contributed by atoms with van der Waals surface area (Å²) in [5.74, 6) is 0.771. The second-order valence-corrected chi connectivity index (χ2v) is 9.93. The van der Waals surface area contributed by atoms with Gasteiger partial charge in [0, 0.05) is 24.1 Å². The average Bonchev–Trinajstić information content (AvgIpc) is 3.24. The zero-order valence-corrected chi connectivity index (χ0v) is 21.3. The van der Waals surface area contributed by atoms with Crippen molar-refractivity contribution < 1.29 is 4.79 Å². The Morgan fingerprint density at radius 2 is 1.67 bits per heavy atom. The number of amides is 1. The number of aromatic nitrogens is 3. The van der Waals surface area contributed by atoms with Gasteiger partial charge < -0.3 is 9.88 Å². The summed E-state index contributed by atoms with van der Waals surface area (Å²) in [6.07, 6.45) is 3.64. The van der Waals surface area contributed by atoms with Gasteiger partial charge in [0.2, 0.25) is 0 Å². The number of carbonyl (C=O) groups is 1. The molecule has 2 aromatic heterocycles. The number of hydrogen-bond donors (Lipinski definition) is 1. The Bertz CT molecular complexity index is 1490. The van der Waals surface area contributed by atoms with Crippen LogP contribution in [0.25, 0.3) is 11.0 Å². The minimum Gasteiger partial charge on any atom is -0.348 e. The molecule has 0 saturated carbocycles.